The number of rotatable bonds is 34. The Labute approximate surface area is 252 Å². The first-order valence-corrected chi connectivity index (χ1v) is 18.6. The first kappa shape index (κ1) is 39.9. The van der Waals surface area contributed by atoms with Gasteiger partial charge in [0.05, 0.1) is 12.2 Å². The summed E-state index contributed by atoms with van der Waals surface area (Å²) in [4.78, 5) is 0. The Balaban J connectivity index is 3.63. The third-order valence-electron chi connectivity index (χ3n) is 9.22. The fourth-order valence-electron chi connectivity index (χ4n) is 6.23. The number of hydrogen-bond donors (Lipinski definition) is 3. The molecule has 40 heavy (non-hydrogen) atoms. The van der Waals surface area contributed by atoms with Gasteiger partial charge in [-0.15, -0.1) is 0 Å². The van der Waals surface area contributed by atoms with Crippen LogP contribution < -0.4 is 0 Å². The second-order valence-electron chi connectivity index (χ2n) is 13.2. The Kier molecular flexibility index (Phi) is 31.7. The van der Waals surface area contributed by atoms with Gasteiger partial charge < -0.3 is 15.3 Å². The van der Waals surface area contributed by atoms with Crippen LogP contribution >= 0.6 is 0 Å². The van der Waals surface area contributed by atoms with Gasteiger partial charge in [-0.25, -0.2) is 0 Å². The van der Waals surface area contributed by atoms with Crippen molar-refractivity contribution >= 4 is 0 Å². The van der Waals surface area contributed by atoms with Crippen LogP contribution in [-0.4, -0.2) is 33.6 Å². The summed E-state index contributed by atoms with van der Waals surface area (Å²) in [5, 5.41) is 30.9. The van der Waals surface area contributed by atoms with E-state index in [1.54, 1.807) is 0 Å². The van der Waals surface area contributed by atoms with Crippen molar-refractivity contribution in [3.8, 4) is 0 Å². The molecule has 0 aromatic heterocycles. The molecule has 0 aromatic rings. The van der Waals surface area contributed by atoms with Crippen LogP contribution in [0.1, 0.15) is 219 Å². The highest BCUT2D eigenvalue weighted by Crippen LogP contribution is 2.27. The van der Waals surface area contributed by atoms with Crippen molar-refractivity contribution < 1.29 is 15.3 Å². The lowest BCUT2D eigenvalue weighted by molar-refractivity contribution is -0.106. The van der Waals surface area contributed by atoms with E-state index in [2.05, 4.69) is 13.8 Å². The molecule has 0 saturated heterocycles. The first-order valence-electron chi connectivity index (χ1n) is 18.6. The highest BCUT2D eigenvalue weighted by atomic mass is 16.4. The van der Waals surface area contributed by atoms with Crippen LogP contribution in [0.3, 0.4) is 0 Å². The van der Waals surface area contributed by atoms with E-state index >= 15 is 0 Å². The minimum atomic E-state index is -1.11. The maximum Gasteiger partial charge on any atom is 0.106 e. The Bertz CT molecular complexity index is 468. The zero-order valence-corrected chi connectivity index (χ0v) is 27.8. The average molecular weight is 569 g/mol. The van der Waals surface area contributed by atoms with E-state index in [9.17, 15) is 15.3 Å². The van der Waals surface area contributed by atoms with Gasteiger partial charge in [-0.1, -0.05) is 206 Å². The number of aliphatic hydroxyl groups is 3. The van der Waals surface area contributed by atoms with Crippen LogP contribution in [0.4, 0.5) is 0 Å². The quantitative estimate of drug-likeness (QED) is 0.0676. The predicted molar refractivity (Wildman–Crippen MR) is 177 cm³/mol. The summed E-state index contributed by atoms with van der Waals surface area (Å²) in [6.07, 6.45) is 40.1. The molecule has 0 aliphatic rings. The lowest BCUT2D eigenvalue weighted by Crippen LogP contribution is -2.44. The molecule has 0 rings (SSSR count). The lowest BCUT2D eigenvalue weighted by atomic mass is 9.85. The van der Waals surface area contributed by atoms with Gasteiger partial charge >= 0.3 is 0 Å². The largest absolute Gasteiger partial charge is 0.394 e. The smallest absolute Gasteiger partial charge is 0.106 e. The molecule has 0 radical (unpaired) electrons. The normalized spacial score (nSPS) is 14.0. The van der Waals surface area contributed by atoms with Crippen molar-refractivity contribution in [2.24, 2.45) is 0 Å². The van der Waals surface area contributed by atoms with Crippen LogP contribution in [0, 0.1) is 0 Å². The molecule has 0 aromatic carbocycles. The summed E-state index contributed by atoms with van der Waals surface area (Å²) in [5.41, 5.74) is -1.11. The molecular weight excluding hydrogens is 492 g/mol. The van der Waals surface area contributed by atoms with Gasteiger partial charge in [-0.3, -0.25) is 0 Å². The van der Waals surface area contributed by atoms with Gasteiger partial charge in [0.1, 0.15) is 6.10 Å². The predicted octanol–water partition coefficient (Wildman–Crippen LogP) is 11.6. The minimum absolute atomic E-state index is 0.339. The van der Waals surface area contributed by atoms with Gasteiger partial charge in [0.15, 0.2) is 0 Å². The summed E-state index contributed by atoms with van der Waals surface area (Å²) in [6, 6.07) is 0. The Morgan fingerprint density at radius 3 is 0.775 bits per heavy atom. The second-order valence-corrected chi connectivity index (χ2v) is 13.2. The zero-order chi connectivity index (χ0) is 29.4. The van der Waals surface area contributed by atoms with Crippen LogP contribution in [0.5, 0.6) is 0 Å². The Morgan fingerprint density at radius 2 is 0.575 bits per heavy atom. The number of hydrogen-bond acceptors (Lipinski definition) is 3. The SMILES string of the molecule is CCCCCCCCCCCCCCCCCCC(O)(CCCCCCCCCCCCCCCC)C(O)CO. The molecule has 0 bridgehead atoms. The molecule has 2 atom stereocenters. The molecule has 0 spiro atoms. The van der Waals surface area contributed by atoms with Crippen molar-refractivity contribution in [1.82, 2.24) is 0 Å². The molecule has 242 valence electrons. The number of aliphatic hydroxyl groups excluding tert-OH is 2. The van der Waals surface area contributed by atoms with Gasteiger partial charge in [0.2, 0.25) is 0 Å². The second kappa shape index (κ2) is 31.8. The molecule has 0 heterocycles. The first-order chi connectivity index (χ1) is 19.6. The fraction of sp³-hybridized carbons (Fsp3) is 1.00. The Morgan fingerprint density at radius 1 is 0.375 bits per heavy atom. The molecule has 0 aliphatic heterocycles. The molecule has 0 fully saturated rings. The maximum atomic E-state index is 11.1. The van der Waals surface area contributed by atoms with E-state index in [4.69, 9.17) is 0 Å². The van der Waals surface area contributed by atoms with E-state index in [-0.39, 0.29) is 6.61 Å². The lowest BCUT2D eigenvalue weighted by Gasteiger charge is -2.32. The fourth-order valence-corrected chi connectivity index (χ4v) is 6.23. The monoisotopic (exact) mass is 569 g/mol. The number of unbranched alkanes of at least 4 members (excludes halogenated alkanes) is 28. The van der Waals surface area contributed by atoms with Crippen LogP contribution in [0.15, 0.2) is 0 Å². The van der Waals surface area contributed by atoms with E-state index < -0.39 is 11.7 Å². The molecule has 0 saturated carbocycles. The van der Waals surface area contributed by atoms with Crippen molar-refractivity contribution in [3.63, 3.8) is 0 Å². The van der Waals surface area contributed by atoms with Gasteiger partial charge in [-0.05, 0) is 12.8 Å². The van der Waals surface area contributed by atoms with Crippen molar-refractivity contribution in [1.29, 1.82) is 0 Å². The van der Waals surface area contributed by atoms with E-state index in [1.165, 1.54) is 167 Å². The minimum Gasteiger partial charge on any atom is -0.394 e. The van der Waals surface area contributed by atoms with E-state index in [1.807, 2.05) is 0 Å². The zero-order valence-electron chi connectivity index (χ0n) is 27.8. The molecule has 3 N–H and O–H groups in total. The highest BCUT2D eigenvalue weighted by molar-refractivity contribution is 4.86. The van der Waals surface area contributed by atoms with Crippen molar-refractivity contribution in [3.05, 3.63) is 0 Å². The summed E-state index contributed by atoms with van der Waals surface area (Å²) >= 11 is 0. The van der Waals surface area contributed by atoms with Crippen LogP contribution in [-0.2, 0) is 0 Å². The van der Waals surface area contributed by atoms with Crippen LogP contribution in [0.2, 0.25) is 0 Å². The highest BCUT2D eigenvalue weighted by Gasteiger charge is 2.33. The standard InChI is InChI=1S/C37H76O3/c1-3-5-7-9-11-13-15-17-19-20-22-24-26-28-30-32-34-37(40,36(39)35-38)33-31-29-27-25-23-21-18-16-14-12-10-8-6-4-2/h36,38-40H,3-35H2,1-2H3. The van der Waals surface area contributed by atoms with Gasteiger partial charge in [0.25, 0.3) is 0 Å². The summed E-state index contributed by atoms with van der Waals surface area (Å²) in [5.74, 6) is 0. The summed E-state index contributed by atoms with van der Waals surface area (Å²) in [7, 11) is 0. The van der Waals surface area contributed by atoms with E-state index in [0.29, 0.717) is 12.8 Å². The Hall–Kier alpha value is -0.120. The van der Waals surface area contributed by atoms with Crippen LogP contribution in [0.25, 0.3) is 0 Å². The summed E-state index contributed by atoms with van der Waals surface area (Å²) in [6.45, 7) is 4.22. The van der Waals surface area contributed by atoms with Crippen molar-refractivity contribution in [2.75, 3.05) is 6.61 Å². The topological polar surface area (TPSA) is 60.7 Å². The summed E-state index contributed by atoms with van der Waals surface area (Å²) < 4.78 is 0. The third kappa shape index (κ3) is 26.8. The third-order valence-corrected chi connectivity index (χ3v) is 9.22. The maximum absolute atomic E-state index is 11.1. The molecule has 2 unspecified atom stereocenters. The van der Waals surface area contributed by atoms with Gasteiger partial charge in [0, 0.05) is 0 Å². The molecular formula is C37H76O3. The van der Waals surface area contributed by atoms with E-state index in [0.717, 1.165) is 25.7 Å². The molecule has 0 amide bonds. The molecule has 3 nitrogen and oxygen atoms in total. The molecule has 3 heteroatoms. The van der Waals surface area contributed by atoms with Gasteiger partial charge in [-0.2, -0.15) is 0 Å². The van der Waals surface area contributed by atoms with Crippen molar-refractivity contribution in [2.45, 2.75) is 231 Å². The molecule has 0 aliphatic carbocycles. The average Bonchev–Trinajstić information content (AvgIpc) is 2.96.